The van der Waals surface area contributed by atoms with Crippen molar-refractivity contribution >= 4 is 0 Å². The average molecular weight is 246 g/mol. The summed E-state index contributed by atoms with van der Waals surface area (Å²) in [7, 11) is 0. The summed E-state index contributed by atoms with van der Waals surface area (Å²) in [6.45, 7) is 3.83. The van der Waals surface area contributed by atoms with Crippen LogP contribution in [0.1, 0.15) is 24.0 Å². The van der Waals surface area contributed by atoms with Crippen LogP contribution in [0, 0.1) is 11.8 Å². The zero-order chi connectivity index (χ0) is 12.5. The Morgan fingerprint density at radius 3 is 2.50 bits per heavy atom. The van der Waals surface area contributed by atoms with Crippen LogP contribution in [0.5, 0.6) is 0 Å². The van der Waals surface area contributed by atoms with Crippen molar-refractivity contribution in [1.29, 1.82) is 0 Å². The number of likely N-dealkylation sites (tertiary alicyclic amines) is 1. The first-order chi connectivity index (χ1) is 8.76. The third-order valence-corrected chi connectivity index (χ3v) is 4.56. The summed E-state index contributed by atoms with van der Waals surface area (Å²) in [5.74, 6) is 1.25. The maximum absolute atomic E-state index is 9.91. The molecular weight excluding hydrogens is 224 g/mol. The third-order valence-electron chi connectivity index (χ3n) is 4.56. The maximum Gasteiger partial charge on any atom is 0.0583 e. The first-order valence-corrected chi connectivity index (χ1v) is 6.94. The Morgan fingerprint density at radius 2 is 1.83 bits per heavy atom. The first kappa shape index (κ1) is 12.2. The van der Waals surface area contributed by atoms with E-state index in [9.17, 15) is 5.11 Å². The Hall–Kier alpha value is -0.900. The van der Waals surface area contributed by atoms with Gasteiger partial charge in [-0.15, -0.1) is 0 Å². The summed E-state index contributed by atoms with van der Waals surface area (Å²) in [5.41, 5.74) is 8.14. The van der Waals surface area contributed by atoms with E-state index >= 15 is 0 Å². The zero-order valence-electron chi connectivity index (χ0n) is 10.8. The van der Waals surface area contributed by atoms with Crippen LogP contribution in [0.15, 0.2) is 24.3 Å². The van der Waals surface area contributed by atoms with Gasteiger partial charge >= 0.3 is 0 Å². The van der Waals surface area contributed by atoms with Crippen molar-refractivity contribution in [2.75, 3.05) is 13.1 Å². The molecule has 3 rings (SSSR count). The molecule has 2 fully saturated rings. The lowest BCUT2D eigenvalue weighted by molar-refractivity contribution is 0.123. The van der Waals surface area contributed by atoms with E-state index in [0.29, 0.717) is 12.5 Å². The summed E-state index contributed by atoms with van der Waals surface area (Å²) in [5, 5.41) is 9.91. The molecule has 2 aliphatic rings. The van der Waals surface area contributed by atoms with Crippen LogP contribution in [0.4, 0.5) is 0 Å². The fourth-order valence-electron chi connectivity index (χ4n) is 3.50. The lowest BCUT2D eigenvalue weighted by Crippen LogP contribution is -2.24. The summed E-state index contributed by atoms with van der Waals surface area (Å²) in [4.78, 5) is 2.48. The Balaban J connectivity index is 1.60. The lowest BCUT2D eigenvalue weighted by Gasteiger charge is -2.18. The van der Waals surface area contributed by atoms with E-state index in [1.807, 2.05) is 0 Å². The minimum absolute atomic E-state index is 0.0559. The molecule has 0 aromatic heterocycles. The zero-order valence-corrected chi connectivity index (χ0v) is 10.8. The molecule has 0 bridgehead atoms. The Morgan fingerprint density at radius 1 is 1.11 bits per heavy atom. The van der Waals surface area contributed by atoms with Crippen LogP contribution < -0.4 is 5.73 Å². The van der Waals surface area contributed by atoms with E-state index < -0.39 is 0 Å². The molecule has 1 saturated heterocycles. The number of nitrogens with zero attached hydrogens (tertiary/aromatic N) is 1. The van der Waals surface area contributed by atoms with Gasteiger partial charge in [-0.2, -0.15) is 0 Å². The predicted molar refractivity (Wildman–Crippen MR) is 71.8 cm³/mol. The molecule has 0 amide bonds. The van der Waals surface area contributed by atoms with E-state index in [4.69, 9.17) is 5.73 Å². The van der Waals surface area contributed by atoms with Crippen molar-refractivity contribution in [2.24, 2.45) is 17.6 Å². The van der Waals surface area contributed by atoms with Gasteiger partial charge in [-0.3, -0.25) is 4.90 Å². The molecule has 3 unspecified atom stereocenters. The van der Waals surface area contributed by atoms with Gasteiger partial charge in [0.15, 0.2) is 0 Å². The summed E-state index contributed by atoms with van der Waals surface area (Å²) in [6.07, 6.45) is 2.16. The minimum Gasteiger partial charge on any atom is -0.393 e. The second kappa shape index (κ2) is 5.00. The van der Waals surface area contributed by atoms with Gasteiger partial charge in [-0.25, -0.2) is 0 Å². The molecule has 18 heavy (non-hydrogen) atoms. The SMILES string of the molecule is NCc1ccc(CN2CC3CCC(O)C3C2)cc1. The maximum atomic E-state index is 9.91. The van der Waals surface area contributed by atoms with Gasteiger partial charge in [-0.05, 0) is 29.9 Å². The number of hydrogen-bond acceptors (Lipinski definition) is 3. The van der Waals surface area contributed by atoms with Crippen LogP contribution in [-0.2, 0) is 13.1 Å². The highest BCUT2D eigenvalue weighted by Crippen LogP contribution is 2.38. The number of hydrogen-bond donors (Lipinski definition) is 2. The second-order valence-electron chi connectivity index (χ2n) is 5.78. The van der Waals surface area contributed by atoms with Crippen molar-refractivity contribution in [1.82, 2.24) is 4.90 Å². The second-order valence-corrected chi connectivity index (χ2v) is 5.78. The van der Waals surface area contributed by atoms with Gasteiger partial charge in [0.25, 0.3) is 0 Å². The van der Waals surface area contributed by atoms with E-state index in [-0.39, 0.29) is 6.10 Å². The monoisotopic (exact) mass is 246 g/mol. The van der Waals surface area contributed by atoms with Crippen LogP contribution in [0.2, 0.25) is 0 Å². The third kappa shape index (κ3) is 2.30. The number of rotatable bonds is 3. The van der Waals surface area contributed by atoms with Crippen LogP contribution in [0.25, 0.3) is 0 Å². The number of benzene rings is 1. The molecule has 3 N–H and O–H groups in total. The van der Waals surface area contributed by atoms with Crippen LogP contribution in [0.3, 0.4) is 0 Å². The molecular formula is C15H22N2O. The van der Waals surface area contributed by atoms with Crippen LogP contribution in [-0.4, -0.2) is 29.2 Å². The Bertz CT molecular complexity index is 403. The van der Waals surface area contributed by atoms with Crippen molar-refractivity contribution in [2.45, 2.75) is 32.0 Å². The van der Waals surface area contributed by atoms with E-state index in [1.54, 1.807) is 0 Å². The Labute approximate surface area is 109 Å². The highest BCUT2D eigenvalue weighted by atomic mass is 16.3. The van der Waals surface area contributed by atoms with Crippen molar-refractivity contribution < 1.29 is 5.11 Å². The van der Waals surface area contributed by atoms with Crippen molar-refractivity contribution in [3.05, 3.63) is 35.4 Å². The molecule has 1 saturated carbocycles. The van der Waals surface area contributed by atoms with E-state index in [1.165, 1.54) is 17.5 Å². The fourth-order valence-corrected chi connectivity index (χ4v) is 3.50. The highest BCUT2D eigenvalue weighted by molar-refractivity contribution is 5.22. The average Bonchev–Trinajstić information content (AvgIpc) is 2.93. The predicted octanol–water partition coefficient (Wildman–Crippen LogP) is 1.35. The molecule has 0 radical (unpaired) electrons. The number of nitrogens with two attached hydrogens (primary N) is 1. The Kier molecular flexibility index (Phi) is 3.37. The molecule has 1 aliphatic heterocycles. The molecule has 3 atom stereocenters. The fraction of sp³-hybridized carbons (Fsp3) is 0.600. The van der Waals surface area contributed by atoms with Gasteiger partial charge in [0.1, 0.15) is 0 Å². The van der Waals surface area contributed by atoms with Gasteiger partial charge in [0.2, 0.25) is 0 Å². The number of aliphatic hydroxyl groups is 1. The van der Waals surface area contributed by atoms with Crippen molar-refractivity contribution in [3.63, 3.8) is 0 Å². The molecule has 3 heteroatoms. The van der Waals surface area contributed by atoms with Gasteiger partial charge in [-0.1, -0.05) is 24.3 Å². The highest BCUT2D eigenvalue weighted by Gasteiger charge is 2.41. The minimum atomic E-state index is -0.0559. The van der Waals surface area contributed by atoms with Gasteiger partial charge in [0, 0.05) is 32.1 Å². The smallest absolute Gasteiger partial charge is 0.0583 e. The summed E-state index contributed by atoms with van der Waals surface area (Å²) >= 11 is 0. The molecule has 98 valence electrons. The number of aliphatic hydroxyl groups excluding tert-OH is 1. The molecule has 1 aliphatic carbocycles. The van der Waals surface area contributed by atoms with Crippen LogP contribution >= 0.6 is 0 Å². The van der Waals surface area contributed by atoms with Gasteiger partial charge in [0.05, 0.1) is 6.10 Å². The summed E-state index contributed by atoms with van der Waals surface area (Å²) < 4.78 is 0. The standard InChI is InChI=1S/C15H22N2O/c16-7-11-1-3-12(4-2-11)8-17-9-13-5-6-15(18)14(13)10-17/h1-4,13-15,18H,5-10,16H2. The van der Waals surface area contributed by atoms with E-state index in [0.717, 1.165) is 32.0 Å². The lowest BCUT2D eigenvalue weighted by atomic mass is 10.00. The summed E-state index contributed by atoms with van der Waals surface area (Å²) in [6, 6.07) is 8.57. The molecule has 3 nitrogen and oxygen atoms in total. The molecule has 1 heterocycles. The number of fused-ring (bicyclic) bond motifs is 1. The van der Waals surface area contributed by atoms with Crippen molar-refractivity contribution in [3.8, 4) is 0 Å². The van der Waals surface area contributed by atoms with E-state index in [2.05, 4.69) is 29.2 Å². The van der Waals surface area contributed by atoms with Gasteiger partial charge < -0.3 is 10.8 Å². The molecule has 0 spiro atoms. The molecule has 1 aromatic rings. The normalized spacial score (nSPS) is 31.8. The first-order valence-electron chi connectivity index (χ1n) is 6.94. The quantitative estimate of drug-likeness (QED) is 0.846. The molecule has 1 aromatic carbocycles. The topological polar surface area (TPSA) is 49.5 Å². The largest absolute Gasteiger partial charge is 0.393 e.